The van der Waals surface area contributed by atoms with Gasteiger partial charge in [-0.1, -0.05) is 26.7 Å². The van der Waals surface area contributed by atoms with E-state index in [-0.39, 0.29) is 28.9 Å². The van der Waals surface area contributed by atoms with Crippen molar-refractivity contribution in [2.75, 3.05) is 0 Å². The van der Waals surface area contributed by atoms with E-state index in [1.807, 2.05) is 0 Å². The zero-order chi connectivity index (χ0) is 18.6. The van der Waals surface area contributed by atoms with E-state index in [1.165, 1.54) is 12.1 Å². The molecule has 2 rings (SSSR count). The number of hydrogen-bond donors (Lipinski definition) is 1. The number of amides is 1. The molecular formula is C18H24N2O5. The fourth-order valence-electron chi connectivity index (χ4n) is 3.18. The number of ether oxygens (including phenoxy) is 1. The first-order chi connectivity index (χ1) is 11.8. The van der Waals surface area contributed by atoms with Gasteiger partial charge in [0.25, 0.3) is 5.91 Å². The molecule has 1 aliphatic carbocycles. The minimum Gasteiger partial charge on any atom is -0.474 e. The second kappa shape index (κ2) is 8.09. The summed E-state index contributed by atoms with van der Waals surface area (Å²) in [7, 11) is 0. The molecule has 7 heteroatoms. The van der Waals surface area contributed by atoms with Crippen molar-refractivity contribution >= 4 is 17.9 Å². The number of benzene rings is 1. The van der Waals surface area contributed by atoms with Gasteiger partial charge in [0.15, 0.2) is 11.9 Å². The number of nitro benzene ring substituents is 1. The van der Waals surface area contributed by atoms with Gasteiger partial charge in [-0.2, -0.15) is 0 Å². The zero-order valence-electron chi connectivity index (χ0n) is 14.7. The Morgan fingerprint density at radius 1 is 1.40 bits per heavy atom. The van der Waals surface area contributed by atoms with E-state index in [4.69, 9.17) is 4.74 Å². The molecule has 1 amide bonds. The highest BCUT2D eigenvalue weighted by atomic mass is 16.6. The molecule has 0 radical (unpaired) electrons. The molecule has 0 unspecified atom stereocenters. The maximum Gasteiger partial charge on any atom is 0.311 e. The van der Waals surface area contributed by atoms with Crippen LogP contribution in [0.4, 0.5) is 5.69 Å². The molecular weight excluding hydrogens is 324 g/mol. The lowest BCUT2D eigenvalue weighted by Gasteiger charge is -2.35. The van der Waals surface area contributed by atoms with Crippen LogP contribution in [0.3, 0.4) is 0 Å². The van der Waals surface area contributed by atoms with Gasteiger partial charge in [-0.05, 0) is 37.3 Å². The number of rotatable bonds is 6. The molecule has 7 nitrogen and oxygen atoms in total. The third-order valence-electron chi connectivity index (χ3n) is 5.02. The molecule has 0 spiro atoms. The van der Waals surface area contributed by atoms with Gasteiger partial charge in [-0.3, -0.25) is 19.7 Å². The van der Waals surface area contributed by atoms with Gasteiger partial charge in [-0.15, -0.1) is 0 Å². The fourth-order valence-corrected chi connectivity index (χ4v) is 3.18. The standard InChI is InChI=1S/C18H24N2O5/c1-11-5-4-6-15(12(11)2)19-18(22)13(3)25-17-8-7-14(10-21)9-16(17)20(23)24/h7-13,15H,4-6H2,1-3H3,(H,19,22)/t11-,12+,13+,15+/m0/s1. The Morgan fingerprint density at radius 2 is 2.12 bits per heavy atom. The Balaban J connectivity index is 2.06. The van der Waals surface area contributed by atoms with Gasteiger partial charge in [0.05, 0.1) is 4.92 Å². The van der Waals surface area contributed by atoms with Crippen molar-refractivity contribution in [2.45, 2.75) is 52.2 Å². The Kier molecular flexibility index (Phi) is 6.12. The van der Waals surface area contributed by atoms with E-state index in [9.17, 15) is 19.7 Å². The van der Waals surface area contributed by atoms with Gasteiger partial charge in [-0.25, -0.2) is 0 Å². The summed E-state index contributed by atoms with van der Waals surface area (Å²) in [4.78, 5) is 33.7. The van der Waals surface area contributed by atoms with Crippen LogP contribution in [0.25, 0.3) is 0 Å². The number of aldehydes is 1. The summed E-state index contributed by atoms with van der Waals surface area (Å²) in [6, 6.07) is 3.99. The Bertz CT molecular complexity index is 661. The second-order valence-electron chi connectivity index (χ2n) is 6.74. The molecule has 0 aromatic heterocycles. The number of carbonyl (C=O) groups excluding carboxylic acids is 2. The van der Waals surface area contributed by atoms with Crippen LogP contribution in [0.5, 0.6) is 5.75 Å². The minimum absolute atomic E-state index is 0.0247. The van der Waals surface area contributed by atoms with Crippen LogP contribution >= 0.6 is 0 Å². The largest absolute Gasteiger partial charge is 0.474 e. The van der Waals surface area contributed by atoms with Crippen LogP contribution in [0.1, 0.15) is 50.4 Å². The van der Waals surface area contributed by atoms with Gasteiger partial charge in [0.2, 0.25) is 0 Å². The van der Waals surface area contributed by atoms with E-state index < -0.39 is 11.0 Å². The van der Waals surface area contributed by atoms with Crippen LogP contribution in [0.15, 0.2) is 18.2 Å². The first-order valence-corrected chi connectivity index (χ1v) is 8.54. The average molecular weight is 348 g/mol. The molecule has 1 aromatic carbocycles. The highest BCUT2D eigenvalue weighted by Gasteiger charge is 2.30. The van der Waals surface area contributed by atoms with Crippen molar-refractivity contribution in [3.05, 3.63) is 33.9 Å². The summed E-state index contributed by atoms with van der Waals surface area (Å²) in [5, 5.41) is 14.1. The lowest BCUT2D eigenvalue weighted by molar-refractivity contribution is -0.386. The Hall–Kier alpha value is -2.44. The van der Waals surface area contributed by atoms with Crippen molar-refractivity contribution in [3.63, 3.8) is 0 Å². The summed E-state index contributed by atoms with van der Waals surface area (Å²) in [6.07, 6.45) is 2.82. The third kappa shape index (κ3) is 4.55. The maximum atomic E-state index is 12.4. The first-order valence-electron chi connectivity index (χ1n) is 8.54. The van der Waals surface area contributed by atoms with E-state index in [0.29, 0.717) is 18.1 Å². The van der Waals surface area contributed by atoms with Gasteiger partial charge in [0, 0.05) is 17.7 Å². The van der Waals surface area contributed by atoms with Crippen molar-refractivity contribution in [3.8, 4) is 5.75 Å². The predicted octanol–water partition coefficient (Wildman–Crippen LogP) is 3.12. The summed E-state index contributed by atoms with van der Waals surface area (Å²) in [6.45, 7) is 5.87. The van der Waals surface area contributed by atoms with Crippen LogP contribution < -0.4 is 10.1 Å². The van der Waals surface area contributed by atoms with Gasteiger partial charge >= 0.3 is 5.69 Å². The fraction of sp³-hybridized carbons (Fsp3) is 0.556. The number of hydrogen-bond acceptors (Lipinski definition) is 5. The highest BCUT2D eigenvalue weighted by Crippen LogP contribution is 2.30. The van der Waals surface area contributed by atoms with Crippen molar-refractivity contribution in [1.29, 1.82) is 0 Å². The monoisotopic (exact) mass is 348 g/mol. The van der Waals surface area contributed by atoms with E-state index in [2.05, 4.69) is 19.2 Å². The predicted molar refractivity (Wildman–Crippen MR) is 92.7 cm³/mol. The quantitative estimate of drug-likeness (QED) is 0.484. The summed E-state index contributed by atoms with van der Waals surface area (Å²) in [5.74, 6) is 0.612. The smallest absolute Gasteiger partial charge is 0.311 e. The molecule has 136 valence electrons. The van der Waals surface area contributed by atoms with Crippen LogP contribution in [-0.2, 0) is 4.79 Å². The molecule has 4 atom stereocenters. The topological polar surface area (TPSA) is 98.5 Å². The third-order valence-corrected chi connectivity index (χ3v) is 5.02. The lowest BCUT2D eigenvalue weighted by Crippen LogP contribution is -2.48. The highest BCUT2D eigenvalue weighted by molar-refractivity contribution is 5.81. The van der Waals surface area contributed by atoms with Crippen LogP contribution in [0, 0.1) is 22.0 Å². The molecule has 25 heavy (non-hydrogen) atoms. The Labute approximate surface area is 146 Å². The van der Waals surface area contributed by atoms with Crippen molar-refractivity contribution < 1.29 is 19.2 Å². The number of nitrogens with zero attached hydrogens (tertiary/aromatic N) is 1. The number of nitro groups is 1. The lowest BCUT2D eigenvalue weighted by atomic mass is 9.78. The van der Waals surface area contributed by atoms with E-state index in [1.54, 1.807) is 6.92 Å². The van der Waals surface area contributed by atoms with E-state index >= 15 is 0 Å². The summed E-state index contributed by atoms with van der Waals surface area (Å²) >= 11 is 0. The van der Waals surface area contributed by atoms with Gasteiger partial charge < -0.3 is 10.1 Å². The summed E-state index contributed by atoms with van der Waals surface area (Å²) < 4.78 is 5.50. The minimum atomic E-state index is -0.870. The number of nitrogens with one attached hydrogen (secondary N) is 1. The molecule has 1 fully saturated rings. The van der Waals surface area contributed by atoms with E-state index in [0.717, 1.165) is 25.3 Å². The second-order valence-corrected chi connectivity index (χ2v) is 6.74. The normalized spacial score (nSPS) is 24.2. The molecule has 1 saturated carbocycles. The van der Waals surface area contributed by atoms with Crippen LogP contribution in [0.2, 0.25) is 0 Å². The molecule has 1 N–H and O–H groups in total. The van der Waals surface area contributed by atoms with Crippen molar-refractivity contribution in [1.82, 2.24) is 5.32 Å². The van der Waals surface area contributed by atoms with Crippen molar-refractivity contribution in [2.24, 2.45) is 11.8 Å². The molecule has 0 aliphatic heterocycles. The van der Waals surface area contributed by atoms with Gasteiger partial charge in [0.1, 0.15) is 6.29 Å². The first kappa shape index (κ1) is 18.9. The summed E-state index contributed by atoms with van der Waals surface area (Å²) in [5.41, 5.74) is -0.148. The van der Waals surface area contributed by atoms with Crippen LogP contribution in [-0.4, -0.2) is 29.3 Å². The SMILES string of the molecule is C[C@@H]1[C@@H](C)CCC[C@H]1NC(=O)[C@@H](C)Oc1ccc(C=O)cc1[N+](=O)[O-]. The Morgan fingerprint density at radius 3 is 2.76 bits per heavy atom. The molecule has 0 heterocycles. The number of carbonyl (C=O) groups is 2. The average Bonchev–Trinajstić information content (AvgIpc) is 2.59. The molecule has 0 bridgehead atoms. The molecule has 1 aromatic rings. The molecule has 0 saturated heterocycles. The zero-order valence-corrected chi connectivity index (χ0v) is 14.7. The maximum absolute atomic E-state index is 12.4. The molecule has 1 aliphatic rings.